The van der Waals surface area contributed by atoms with Crippen LogP contribution in [0.25, 0.3) is 0 Å². The zero-order valence-electron chi connectivity index (χ0n) is 9.51. The average Bonchev–Trinajstić information content (AvgIpc) is 2.28. The predicted molar refractivity (Wildman–Crippen MR) is 62.2 cm³/mol. The highest BCUT2D eigenvalue weighted by Gasteiger charge is 2.17. The van der Waals surface area contributed by atoms with Gasteiger partial charge in [-0.1, -0.05) is 6.92 Å². The van der Waals surface area contributed by atoms with Crippen LogP contribution in [0.3, 0.4) is 0 Å². The zero-order valence-corrected chi connectivity index (χ0v) is 9.51. The summed E-state index contributed by atoms with van der Waals surface area (Å²) >= 11 is 0. The summed E-state index contributed by atoms with van der Waals surface area (Å²) in [4.78, 5) is 26.2. The summed E-state index contributed by atoms with van der Waals surface area (Å²) in [6.07, 6.45) is 1.84. The Kier molecular flexibility index (Phi) is 4.45. The molecule has 0 fully saturated rings. The number of carboxylic acid groups (broad SMARTS) is 1. The van der Waals surface area contributed by atoms with Crippen LogP contribution >= 0.6 is 0 Å². The van der Waals surface area contributed by atoms with Gasteiger partial charge in [0.25, 0.3) is 0 Å². The third-order valence-electron chi connectivity index (χ3n) is 2.23. The van der Waals surface area contributed by atoms with Crippen LogP contribution in [0.4, 0.5) is 5.69 Å². The molecule has 0 aromatic carbocycles. The maximum atomic E-state index is 11.5. The lowest BCUT2D eigenvalue weighted by atomic mass is 10.2. The SMILES string of the molecule is CC[C@H](NC(=O)Cc1ccc(N)cn1)C(=O)O. The van der Waals surface area contributed by atoms with Gasteiger partial charge in [0.05, 0.1) is 18.3 Å². The van der Waals surface area contributed by atoms with Gasteiger partial charge in [0, 0.05) is 5.69 Å². The maximum Gasteiger partial charge on any atom is 0.326 e. The van der Waals surface area contributed by atoms with E-state index in [9.17, 15) is 9.59 Å². The first-order valence-corrected chi connectivity index (χ1v) is 5.25. The van der Waals surface area contributed by atoms with Crippen LogP contribution in [0.15, 0.2) is 18.3 Å². The fourth-order valence-electron chi connectivity index (χ4n) is 1.29. The number of nitrogens with zero attached hydrogens (tertiary/aromatic N) is 1. The number of rotatable bonds is 5. The number of nitrogen functional groups attached to an aromatic ring is 1. The van der Waals surface area contributed by atoms with Crippen LogP contribution < -0.4 is 11.1 Å². The number of nitrogens with two attached hydrogens (primary N) is 1. The van der Waals surface area contributed by atoms with Crippen LogP contribution in [0, 0.1) is 0 Å². The third-order valence-corrected chi connectivity index (χ3v) is 2.23. The fourth-order valence-corrected chi connectivity index (χ4v) is 1.29. The molecular formula is C11H15N3O3. The van der Waals surface area contributed by atoms with Crippen LogP contribution in [0.2, 0.25) is 0 Å². The lowest BCUT2D eigenvalue weighted by Crippen LogP contribution is -2.41. The van der Waals surface area contributed by atoms with Crippen molar-refractivity contribution in [2.24, 2.45) is 0 Å². The third kappa shape index (κ3) is 4.10. The number of carbonyl (C=O) groups excluding carboxylic acids is 1. The Bertz CT molecular complexity index is 403. The Labute approximate surface area is 98.8 Å². The fraction of sp³-hybridized carbons (Fsp3) is 0.364. The number of carbonyl (C=O) groups is 2. The van der Waals surface area contributed by atoms with E-state index in [0.717, 1.165) is 0 Å². The largest absolute Gasteiger partial charge is 0.480 e. The second-order valence-corrected chi connectivity index (χ2v) is 3.63. The molecule has 0 aliphatic carbocycles. The minimum Gasteiger partial charge on any atom is -0.480 e. The molecule has 1 aromatic rings. The summed E-state index contributed by atoms with van der Waals surface area (Å²) in [5, 5.41) is 11.2. The van der Waals surface area contributed by atoms with Crippen molar-refractivity contribution in [1.29, 1.82) is 0 Å². The summed E-state index contributed by atoms with van der Waals surface area (Å²) in [5.74, 6) is -1.40. The van der Waals surface area contributed by atoms with E-state index in [0.29, 0.717) is 17.8 Å². The molecule has 0 aliphatic heterocycles. The molecule has 1 heterocycles. The van der Waals surface area contributed by atoms with Crippen molar-refractivity contribution in [1.82, 2.24) is 10.3 Å². The van der Waals surface area contributed by atoms with Gasteiger partial charge in [0.2, 0.25) is 5.91 Å². The Balaban J connectivity index is 2.54. The van der Waals surface area contributed by atoms with Crippen molar-refractivity contribution in [2.75, 3.05) is 5.73 Å². The minimum absolute atomic E-state index is 0.0457. The number of hydrogen-bond donors (Lipinski definition) is 3. The number of anilines is 1. The number of carboxylic acids is 1. The average molecular weight is 237 g/mol. The molecule has 6 heteroatoms. The van der Waals surface area contributed by atoms with Crippen LogP contribution in [-0.2, 0) is 16.0 Å². The Morgan fingerprint density at radius 3 is 2.71 bits per heavy atom. The molecule has 17 heavy (non-hydrogen) atoms. The molecule has 92 valence electrons. The molecule has 1 rings (SSSR count). The Morgan fingerprint density at radius 1 is 1.53 bits per heavy atom. The molecule has 0 bridgehead atoms. The van der Waals surface area contributed by atoms with Crippen molar-refractivity contribution in [3.8, 4) is 0 Å². The quantitative estimate of drug-likeness (QED) is 0.677. The summed E-state index contributed by atoms with van der Waals surface area (Å²) in [6, 6.07) is 2.43. The standard InChI is InChI=1S/C11H15N3O3/c1-2-9(11(16)17)14-10(15)5-8-4-3-7(12)6-13-8/h3-4,6,9H,2,5,12H2,1H3,(H,14,15)(H,16,17)/t9-/m0/s1. The first-order valence-electron chi connectivity index (χ1n) is 5.25. The summed E-state index contributed by atoms with van der Waals surface area (Å²) in [5.41, 5.74) is 6.53. The molecule has 1 amide bonds. The van der Waals surface area contributed by atoms with Gasteiger partial charge < -0.3 is 16.2 Å². The van der Waals surface area contributed by atoms with E-state index in [1.165, 1.54) is 6.20 Å². The van der Waals surface area contributed by atoms with Gasteiger partial charge in [-0.15, -0.1) is 0 Å². The monoisotopic (exact) mass is 237 g/mol. The molecule has 1 atom stereocenters. The topological polar surface area (TPSA) is 105 Å². The van der Waals surface area contributed by atoms with E-state index in [4.69, 9.17) is 10.8 Å². The Hall–Kier alpha value is -2.11. The van der Waals surface area contributed by atoms with Gasteiger partial charge in [-0.25, -0.2) is 4.79 Å². The molecule has 0 spiro atoms. The first-order chi connectivity index (χ1) is 8.02. The van der Waals surface area contributed by atoms with Gasteiger partial charge in [0.15, 0.2) is 0 Å². The molecule has 0 saturated heterocycles. The van der Waals surface area contributed by atoms with E-state index < -0.39 is 12.0 Å². The molecular weight excluding hydrogens is 222 g/mol. The molecule has 4 N–H and O–H groups in total. The van der Waals surface area contributed by atoms with Crippen molar-refractivity contribution < 1.29 is 14.7 Å². The number of pyridine rings is 1. The molecule has 6 nitrogen and oxygen atoms in total. The number of nitrogens with one attached hydrogen (secondary N) is 1. The van der Waals surface area contributed by atoms with Gasteiger partial charge in [0.1, 0.15) is 6.04 Å². The highest BCUT2D eigenvalue weighted by Crippen LogP contribution is 2.02. The van der Waals surface area contributed by atoms with Crippen molar-refractivity contribution >= 4 is 17.6 Å². The summed E-state index contributed by atoms with van der Waals surface area (Å²) < 4.78 is 0. The Morgan fingerprint density at radius 2 is 2.24 bits per heavy atom. The van der Waals surface area contributed by atoms with Gasteiger partial charge >= 0.3 is 5.97 Å². The van der Waals surface area contributed by atoms with E-state index in [1.807, 2.05) is 0 Å². The van der Waals surface area contributed by atoms with E-state index in [1.54, 1.807) is 19.1 Å². The zero-order chi connectivity index (χ0) is 12.8. The number of aromatic nitrogens is 1. The second-order valence-electron chi connectivity index (χ2n) is 3.63. The van der Waals surface area contributed by atoms with E-state index in [-0.39, 0.29) is 12.3 Å². The highest BCUT2D eigenvalue weighted by atomic mass is 16.4. The molecule has 0 aliphatic rings. The van der Waals surface area contributed by atoms with Crippen LogP contribution in [0.5, 0.6) is 0 Å². The molecule has 0 saturated carbocycles. The maximum absolute atomic E-state index is 11.5. The number of amides is 1. The predicted octanol–water partition coefficient (Wildman–Crippen LogP) is 0.186. The van der Waals surface area contributed by atoms with Crippen LogP contribution in [-0.4, -0.2) is 28.0 Å². The highest BCUT2D eigenvalue weighted by molar-refractivity contribution is 5.84. The van der Waals surface area contributed by atoms with E-state index >= 15 is 0 Å². The van der Waals surface area contributed by atoms with Gasteiger partial charge in [-0.05, 0) is 18.6 Å². The summed E-state index contributed by atoms with van der Waals surface area (Å²) in [6.45, 7) is 1.69. The molecule has 1 aromatic heterocycles. The lowest BCUT2D eigenvalue weighted by molar-refractivity contribution is -0.141. The van der Waals surface area contributed by atoms with Crippen molar-refractivity contribution in [3.05, 3.63) is 24.0 Å². The number of aliphatic carboxylic acids is 1. The second kappa shape index (κ2) is 5.83. The normalized spacial score (nSPS) is 11.8. The van der Waals surface area contributed by atoms with Crippen molar-refractivity contribution in [3.63, 3.8) is 0 Å². The first kappa shape index (κ1) is 13.0. The van der Waals surface area contributed by atoms with Crippen LogP contribution in [0.1, 0.15) is 19.0 Å². The minimum atomic E-state index is -1.04. The molecule has 0 unspecified atom stereocenters. The number of hydrogen-bond acceptors (Lipinski definition) is 4. The smallest absolute Gasteiger partial charge is 0.326 e. The van der Waals surface area contributed by atoms with Gasteiger partial charge in [-0.3, -0.25) is 9.78 Å². The van der Waals surface area contributed by atoms with E-state index in [2.05, 4.69) is 10.3 Å². The lowest BCUT2D eigenvalue weighted by Gasteiger charge is -2.11. The van der Waals surface area contributed by atoms with Crippen molar-refractivity contribution in [2.45, 2.75) is 25.8 Å². The summed E-state index contributed by atoms with van der Waals surface area (Å²) in [7, 11) is 0. The van der Waals surface area contributed by atoms with Gasteiger partial charge in [-0.2, -0.15) is 0 Å². The molecule has 0 radical (unpaired) electrons.